The van der Waals surface area contributed by atoms with Gasteiger partial charge >= 0.3 is 0 Å². The van der Waals surface area contributed by atoms with Crippen LogP contribution in [-0.2, 0) is 0 Å². The van der Waals surface area contributed by atoms with Crippen molar-refractivity contribution in [2.45, 2.75) is 39.2 Å². The highest BCUT2D eigenvalue weighted by atomic mass is 16.3. The number of hydrogen-bond donors (Lipinski definition) is 3. The smallest absolute Gasteiger partial charge is 0.0609 e. The molecule has 1 aliphatic heterocycles. The molecule has 3 N–H and O–H groups in total. The molecule has 1 saturated heterocycles. The maximum Gasteiger partial charge on any atom is 0.0609 e. The van der Waals surface area contributed by atoms with Crippen molar-refractivity contribution < 1.29 is 15.3 Å². The fourth-order valence-corrected chi connectivity index (χ4v) is 2.63. The highest BCUT2D eigenvalue weighted by Crippen LogP contribution is 2.34. The van der Waals surface area contributed by atoms with E-state index < -0.39 is 0 Å². The summed E-state index contributed by atoms with van der Waals surface area (Å²) in [6, 6.07) is -0.192. The van der Waals surface area contributed by atoms with Crippen LogP contribution in [0.5, 0.6) is 0 Å². The van der Waals surface area contributed by atoms with Crippen molar-refractivity contribution in [3.8, 4) is 0 Å². The third-order valence-corrected chi connectivity index (χ3v) is 3.91. The Kier molecular flexibility index (Phi) is 6.29. The Bertz CT molecular complexity index is 272. The monoisotopic (exact) mass is 257 g/mol. The van der Waals surface area contributed by atoms with Crippen molar-refractivity contribution in [2.75, 3.05) is 32.9 Å². The first-order valence-electron chi connectivity index (χ1n) is 6.77. The Morgan fingerprint density at radius 2 is 1.94 bits per heavy atom. The van der Waals surface area contributed by atoms with E-state index in [1.807, 2.05) is 0 Å². The lowest BCUT2D eigenvalue weighted by molar-refractivity contribution is -0.0140. The van der Waals surface area contributed by atoms with Gasteiger partial charge in [0.2, 0.25) is 0 Å². The summed E-state index contributed by atoms with van der Waals surface area (Å²) in [5.41, 5.74) is 1.15. The van der Waals surface area contributed by atoms with Crippen LogP contribution in [0.4, 0.5) is 0 Å². The highest BCUT2D eigenvalue weighted by Gasteiger charge is 2.36. The van der Waals surface area contributed by atoms with E-state index in [4.69, 9.17) is 0 Å². The molecule has 0 amide bonds. The van der Waals surface area contributed by atoms with Crippen LogP contribution in [0, 0.1) is 5.41 Å². The van der Waals surface area contributed by atoms with E-state index in [0.717, 1.165) is 32.4 Å². The van der Waals surface area contributed by atoms with E-state index >= 15 is 0 Å². The highest BCUT2D eigenvalue weighted by molar-refractivity contribution is 5.00. The minimum absolute atomic E-state index is 0.0271. The second-order valence-electron chi connectivity index (χ2n) is 5.74. The molecule has 0 aromatic rings. The number of nitrogens with zero attached hydrogens (tertiary/aromatic N) is 1. The van der Waals surface area contributed by atoms with Gasteiger partial charge in [0.25, 0.3) is 0 Å². The summed E-state index contributed by atoms with van der Waals surface area (Å²) in [5.74, 6) is 0. The van der Waals surface area contributed by atoms with E-state index in [0.29, 0.717) is 0 Å². The number of likely N-dealkylation sites (tertiary alicyclic amines) is 1. The number of piperidine rings is 1. The maximum atomic E-state index is 9.72. The van der Waals surface area contributed by atoms with Crippen LogP contribution in [0.15, 0.2) is 11.6 Å². The molecular formula is C14H27NO3. The van der Waals surface area contributed by atoms with Crippen LogP contribution in [0.25, 0.3) is 0 Å². The second kappa shape index (κ2) is 7.24. The van der Waals surface area contributed by atoms with Crippen LogP contribution in [0.1, 0.15) is 33.1 Å². The molecule has 0 saturated carbocycles. The number of aliphatic hydroxyl groups excluding tert-OH is 3. The lowest BCUT2D eigenvalue weighted by Gasteiger charge is -2.44. The topological polar surface area (TPSA) is 63.9 Å². The van der Waals surface area contributed by atoms with Gasteiger partial charge in [-0.2, -0.15) is 0 Å². The van der Waals surface area contributed by atoms with Gasteiger partial charge in [-0.15, -0.1) is 0 Å². The van der Waals surface area contributed by atoms with E-state index in [9.17, 15) is 15.3 Å². The fourth-order valence-electron chi connectivity index (χ4n) is 2.63. The van der Waals surface area contributed by atoms with E-state index in [1.54, 1.807) is 0 Å². The molecule has 106 valence electrons. The van der Waals surface area contributed by atoms with Crippen LogP contribution in [-0.4, -0.2) is 59.2 Å². The largest absolute Gasteiger partial charge is 0.396 e. The molecule has 4 nitrogen and oxygen atoms in total. The molecular weight excluding hydrogens is 230 g/mol. The molecule has 1 fully saturated rings. The van der Waals surface area contributed by atoms with Gasteiger partial charge in [0, 0.05) is 12.0 Å². The molecule has 1 rings (SSSR count). The lowest BCUT2D eigenvalue weighted by Crippen LogP contribution is -2.51. The maximum absolute atomic E-state index is 9.72. The zero-order chi connectivity index (χ0) is 13.6. The molecule has 18 heavy (non-hydrogen) atoms. The quantitative estimate of drug-likeness (QED) is 0.615. The fraction of sp³-hybridized carbons (Fsp3) is 0.857. The third-order valence-electron chi connectivity index (χ3n) is 3.91. The molecule has 0 bridgehead atoms. The van der Waals surface area contributed by atoms with Gasteiger partial charge in [-0.05, 0) is 39.7 Å². The minimum atomic E-state index is -0.192. The molecule has 0 aliphatic carbocycles. The normalized spacial score (nSPS) is 25.4. The third kappa shape index (κ3) is 4.05. The minimum Gasteiger partial charge on any atom is -0.396 e. The van der Waals surface area contributed by atoms with Gasteiger partial charge in [0.1, 0.15) is 0 Å². The first kappa shape index (κ1) is 15.6. The first-order chi connectivity index (χ1) is 8.56. The Labute approximate surface area is 110 Å². The predicted octanol–water partition coefficient (Wildman–Crippen LogP) is 0.770. The molecule has 1 heterocycles. The summed E-state index contributed by atoms with van der Waals surface area (Å²) in [6.07, 6.45) is 5.06. The van der Waals surface area contributed by atoms with Gasteiger partial charge in [-0.1, -0.05) is 11.6 Å². The van der Waals surface area contributed by atoms with Crippen LogP contribution >= 0.6 is 0 Å². The van der Waals surface area contributed by atoms with E-state index in [1.165, 1.54) is 5.57 Å². The molecule has 0 spiro atoms. The predicted molar refractivity (Wildman–Crippen MR) is 72.3 cm³/mol. The van der Waals surface area contributed by atoms with Gasteiger partial charge in [-0.3, -0.25) is 4.90 Å². The van der Waals surface area contributed by atoms with E-state index in [2.05, 4.69) is 24.8 Å². The Morgan fingerprint density at radius 1 is 1.28 bits per heavy atom. The summed E-state index contributed by atoms with van der Waals surface area (Å²) < 4.78 is 0. The van der Waals surface area contributed by atoms with Gasteiger partial charge < -0.3 is 15.3 Å². The van der Waals surface area contributed by atoms with Gasteiger partial charge in [0.05, 0.1) is 25.9 Å². The zero-order valence-corrected chi connectivity index (χ0v) is 11.6. The van der Waals surface area contributed by atoms with Crippen LogP contribution in [0.2, 0.25) is 0 Å². The average molecular weight is 257 g/mol. The second-order valence-corrected chi connectivity index (χ2v) is 5.74. The van der Waals surface area contributed by atoms with Crippen molar-refractivity contribution in [3.05, 3.63) is 11.6 Å². The van der Waals surface area contributed by atoms with Crippen molar-refractivity contribution in [2.24, 2.45) is 5.41 Å². The first-order valence-corrected chi connectivity index (χ1v) is 6.77. The van der Waals surface area contributed by atoms with Gasteiger partial charge in [0.15, 0.2) is 0 Å². The number of aliphatic hydroxyl groups is 3. The van der Waals surface area contributed by atoms with Crippen molar-refractivity contribution in [3.63, 3.8) is 0 Å². The van der Waals surface area contributed by atoms with Crippen LogP contribution < -0.4 is 0 Å². The summed E-state index contributed by atoms with van der Waals surface area (Å²) in [7, 11) is 0. The van der Waals surface area contributed by atoms with E-state index in [-0.39, 0.29) is 31.3 Å². The molecule has 4 heteroatoms. The molecule has 0 aromatic heterocycles. The van der Waals surface area contributed by atoms with Crippen LogP contribution in [0.3, 0.4) is 0 Å². The summed E-state index contributed by atoms with van der Waals surface area (Å²) >= 11 is 0. The lowest BCUT2D eigenvalue weighted by atomic mass is 9.77. The summed E-state index contributed by atoms with van der Waals surface area (Å²) in [6.45, 7) is 5.88. The van der Waals surface area contributed by atoms with Crippen molar-refractivity contribution >= 4 is 0 Å². The summed E-state index contributed by atoms with van der Waals surface area (Å²) in [4.78, 5) is 2.11. The van der Waals surface area contributed by atoms with Crippen molar-refractivity contribution in [1.82, 2.24) is 4.90 Å². The molecule has 0 radical (unpaired) electrons. The van der Waals surface area contributed by atoms with Crippen molar-refractivity contribution in [1.29, 1.82) is 0 Å². The number of hydrogen-bond acceptors (Lipinski definition) is 4. The Balaban J connectivity index is 2.71. The SMILES string of the molecule is CC(C)=CC[C@]1(CO)CCCN(C(CO)CO)C1. The Hall–Kier alpha value is -0.420. The molecule has 1 atom stereocenters. The summed E-state index contributed by atoms with van der Waals surface area (Å²) in [5, 5.41) is 28.2. The zero-order valence-electron chi connectivity index (χ0n) is 11.6. The molecule has 0 aromatic carbocycles. The Morgan fingerprint density at radius 3 is 2.44 bits per heavy atom. The standard InChI is InChI=1S/C14H27NO3/c1-12(2)4-6-14(11-18)5-3-7-15(10-14)13(8-16)9-17/h4,13,16-18H,3,5-11H2,1-2H3/t14-/m1/s1. The number of allylic oxidation sites excluding steroid dienone is 2. The molecule has 1 aliphatic rings. The molecule has 0 unspecified atom stereocenters. The average Bonchev–Trinajstić information content (AvgIpc) is 2.38. The number of rotatable bonds is 6. The van der Waals surface area contributed by atoms with Gasteiger partial charge in [-0.25, -0.2) is 0 Å².